The van der Waals surface area contributed by atoms with Crippen molar-refractivity contribution in [3.8, 4) is 0 Å². The Morgan fingerprint density at radius 2 is 1.80 bits per heavy atom. The average molecular weight is 274 g/mol. The quantitative estimate of drug-likeness (QED) is 0.910. The molecular weight excluding hydrogens is 244 g/mol. The van der Waals surface area contributed by atoms with E-state index in [4.69, 9.17) is 5.73 Å². The van der Waals surface area contributed by atoms with E-state index in [0.29, 0.717) is 6.04 Å². The maximum atomic E-state index is 6.14. The van der Waals surface area contributed by atoms with E-state index in [1.165, 1.54) is 54.6 Å². The Bertz CT molecular complexity index is 453. The largest absolute Gasteiger partial charge is 0.329 e. The first kappa shape index (κ1) is 15.5. The van der Waals surface area contributed by atoms with Gasteiger partial charge in [-0.15, -0.1) is 0 Å². The molecule has 1 aromatic rings. The van der Waals surface area contributed by atoms with E-state index in [9.17, 15) is 0 Å². The molecule has 2 heteroatoms. The number of benzene rings is 1. The van der Waals surface area contributed by atoms with E-state index in [0.717, 1.165) is 12.5 Å². The number of hydrogen-bond donors (Lipinski definition) is 1. The van der Waals surface area contributed by atoms with Gasteiger partial charge in [-0.3, -0.25) is 4.90 Å². The molecule has 20 heavy (non-hydrogen) atoms. The fourth-order valence-electron chi connectivity index (χ4n) is 3.41. The third-order valence-electron chi connectivity index (χ3n) is 4.96. The molecule has 0 bridgehead atoms. The Morgan fingerprint density at radius 3 is 2.50 bits per heavy atom. The summed E-state index contributed by atoms with van der Waals surface area (Å²) in [5.74, 6) is 0.860. The summed E-state index contributed by atoms with van der Waals surface area (Å²) in [5, 5.41) is 0. The molecule has 112 valence electrons. The second kappa shape index (κ2) is 6.73. The number of likely N-dealkylation sites (tertiary alicyclic amines) is 1. The first-order chi connectivity index (χ1) is 9.52. The fourth-order valence-corrected chi connectivity index (χ4v) is 3.41. The van der Waals surface area contributed by atoms with Gasteiger partial charge in [0.2, 0.25) is 0 Å². The minimum Gasteiger partial charge on any atom is -0.329 e. The molecule has 0 saturated carbocycles. The SMILES string of the molecule is Cc1cc(C)c(C(CN)N2CCCC(C)CC2)cc1C. The molecule has 2 nitrogen and oxygen atoms in total. The monoisotopic (exact) mass is 274 g/mol. The summed E-state index contributed by atoms with van der Waals surface area (Å²) in [6.07, 6.45) is 3.97. The van der Waals surface area contributed by atoms with Crippen LogP contribution in [0.15, 0.2) is 12.1 Å². The maximum absolute atomic E-state index is 6.14. The van der Waals surface area contributed by atoms with Crippen LogP contribution in [0.5, 0.6) is 0 Å². The van der Waals surface area contributed by atoms with Crippen LogP contribution in [0, 0.1) is 26.7 Å². The molecule has 2 atom stereocenters. The van der Waals surface area contributed by atoms with Crippen molar-refractivity contribution in [2.45, 2.75) is 53.0 Å². The van der Waals surface area contributed by atoms with Crippen molar-refractivity contribution < 1.29 is 0 Å². The summed E-state index contributed by atoms with van der Waals surface area (Å²) in [7, 11) is 0. The lowest BCUT2D eigenvalue weighted by atomic mass is 9.94. The molecule has 1 saturated heterocycles. The molecule has 1 heterocycles. The summed E-state index contributed by atoms with van der Waals surface area (Å²) in [4.78, 5) is 2.61. The Morgan fingerprint density at radius 1 is 1.10 bits per heavy atom. The number of aryl methyl sites for hydroxylation is 3. The number of nitrogens with zero attached hydrogens (tertiary/aromatic N) is 1. The first-order valence-electron chi connectivity index (χ1n) is 8.04. The summed E-state index contributed by atoms with van der Waals surface area (Å²) < 4.78 is 0. The molecule has 0 spiro atoms. The van der Waals surface area contributed by atoms with Crippen molar-refractivity contribution in [1.82, 2.24) is 4.90 Å². The van der Waals surface area contributed by atoms with Crippen LogP contribution >= 0.6 is 0 Å². The van der Waals surface area contributed by atoms with Crippen LogP contribution in [0.2, 0.25) is 0 Å². The second-order valence-corrected chi connectivity index (χ2v) is 6.62. The van der Waals surface area contributed by atoms with E-state index in [1.54, 1.807) is 0 Å². The predicted octanol–water partition coefficient (Wildman–Crippen LogP) is 3.73. The molecule has 2 unspecified atom stereocenters. The van der Waals surface area contributed by atoms with Crippen LogP contribution in [0.4, 0.5) is 0 Å². The summed E-state index contributed by atoms with van der Waals surface area (Å²) in [6.45, 7) is 12.1. The van der Waals surface area contributed by atoms with Crippen molar-refractivity contribution in [2.75, 3.05) is 19.6 Å². The maximum Gasteiger partial charge on any atom is 0.0473 e. The summed E-state index contributed by atoms with van der Waals surface area (Å²) >= 11 is 0. The van der Waals surface area contributed by atoms with E-state index in [2.05, 4.69) is 44.7 Å². The minimum absolute atomic E-state index is 0.389. The zero-order valence-electron chi connectivity index (χ0n) is 13.6. The number of hydrogen-bond acceptors (Lipinski definition) is 2. The van der Waals surface area contributed by atoms with Gasteiger partial charge >= 0.3 is 0 Å². The van der Waals surface area contributed by atoms with E-state index in [1.807, 2.05) is 0 Å². The van der Waals surface area contributed by atoms with Crippen molar-refractivity contribution in [2.24, 2.45) is 11.7 Å². The van der Waals surface area contributed by atoms with Gasteiger partial charge in [0, 0.05) is 12.6 Å². The minimum atomic E-state index is 0.389. The Hall–Kier alpha value is -0.860. The molecule has 1 aliphatic heterocycles. The predicted molar refractivity (Wildman–Crippen MR) is 87.0 cm³/mol. The van der Waals surface area contributed by atoms with Gasteiger partial charge in [-0.05, 0) is 81.3 Å². The van der Waals surface area contributed by atoms with E-state index in [-0.39, 0.29) is 0 Å². The van der Waals surface area contributed by atoms with Gasteiger partial charge in [-0.1, -0.05) is 19.1 Å². The van der Waals surface area contributed by atoms with Crippen molar-refractivity contribution in [3.05, 3.63) is 34.4 Å². The molecule has 0 amide bonds. The van der Waals surface area contributed by atoms with Crippen molar-refractivity contribution in [1.29, 1.82) is 0 Å². The van der Waals surface area contributed by atoms with Crippen LogP contribution < -0.4 is 5.73 Å². The lowest BCUT2D eigenvalue weighted by molar-refractivity contribution is 0.207. The highest BCUT2D eigenvalue weighted by Crippen LogP contribution is 2.29. The van der Waals surface area contributed by atoms with E-state index >= 15 is 0 Å². The van der Waals surface area contributed by atoms with E-state index < -0.39 is 0 Å². The highest BCUT2D eigenvalue weighted by Gasteiger charge is 2.23. The smallest absolute Gasteiger partial charge is 0.0473 e. The molecule has 2 N–H and O–H groups in total. The zero-order valence-corrected chi connectivity index (χ0v) is 13.6. The summed E-state index contributed by atoms with van der Waals surface area (Å²) in [6, 6.07) is 5.06. The van der Waals surface area contributed by atoms with Crippen LogP contribution in [-0.2, 0) is 0 Å². The van der Waals surface area contributed by atoms with Gasteiger partial charge in [0.1, 0.15) is 0 Å². The standard InChI is InChI=1S/C18H30N2/c1-13-6-5-8-20(9-7-13)18(12-19)17-11-15(3)14(2)10-16(17)4/h10-11,13,18H,5-9,12,19H2,1-4H3. The van der Waals surface area contributed by atoms with Gasteiger partial charge in [-0.25, -0.2) is 0 Å². The van der Waals surface area contributed by atoms with Gasteiger partial charge in [-0.2, -0.15) is 0 Å². The molecular formula is C18H30N2. The molecule has 1 fully saturated rings. The lowest BCUT2D eigenvalue weighted by Crippen LogP contribution is -2.35. The third-order valence-corrected chi connectivity index (χ3v) is 4.96. The fraction of sp³-hybridized carbons (Fsp3) is 0.667. The van der Waals surface area contributed by atoms with Crippen LogP contribution in [0.3, 0.4) is 0 Å². The van der Waals surface area contributed by atoms with Gasteiger partial charge in [0.25, 0.3) is 0 Å². The molecule has 2 rings (SSSR count). The molecule has 0 aliphatic carbocycles. The lowest BCUT2D eigenvalue weighted by Gasteiger charge is -2.31. The topological polar surface area (TPSA) is 29.3 Å². The Balaban J connectivity index is 2.25. The number of nitrogens with two attached hydrogens (primary N) is 1. The molecule has 1 aromatic carbocycles. The van der Waals surface area contributed by atoms with Crippen LogP contribution in [-0.4, -0.2) is 24.5 Å². The summed E-state index contributed by atoms with van der Waals surface area (Å²) in [5.41, 5.74) is 11.7. The van der Waals surface area contributed by atoms with Gasteiger partial charge in [0.05, 0.1) is 0 Å². The van der Waals surface area contributed by atoms with Crippen LogP contribution in [0.1, 0.15) is 54.5 Å². The highest BCUT2D eigenvalue weighted by molar-refractivity contribution is 5.38. The van der Waals surface area contributed by atoms with Gasteiger partial charge < -0.3 is 5.73 Å². The van der Waals surface area contributed by atoms with Crippen molar-refractivity contribution >= 4 is 0 Å². The average Bonchev–Trinajstić information content (AvgIpc) is 2.62. The van der Waals surface area contributed by atoms with Crippen molar-refractivity contribution in [3.63, 3.8) is 0 Å². The normalized spacial score (nSPS) is 22.6. The third kappa shape index (κ3) is 3.42. The Kier molecular flexibility index (Phi) is 5.22. The number of rotatable bonds is 3. The second-order valence-electron chi connectivity index (χ2n) is 6.62. The van der Waals surface area contributed by atoms with Crippen LogP contribution in [0.25, 0.3) is 0 Å². The molecule has 1 aliphatic rings. The Labute approximate surface area is 124 Å². The molecule has 0 radical (unpaired) electrons. The van der Waals surface area contributed by atoms with Gasteiger partial charge in [0.15, 0.2) is 0 Å². The zero-order chi connectivity index (χ0) is 14.7. The highest BCUT2D eigenvalue weighted by atomic mass is 15.2. The molecule has 0 aromatic heterocycles. The first-order valence-corrected chi connectivity index (χ1v) is 8.04.